The molecule has 4 aromatic heterocycles. The Bertz CT molecular complexity index is 2780. The monoisotopic (exact) mass is 906 g/mol. The van der Waals surface area contributed by atoms with Crippen LogP contribution in [0.15, 0.2) is 79.1 Å². The molecule has 6 heterocycles. The van der Waals surface area contributed by atoms with Gasteiger partial charge in [-0.15, -0.1) is 17.0 Å². The molecular weight excluding hydrogens is 841 g/mol. The van der Waals surface area contributed by atoms with Crippen LogP contribution in [0.4, 0.5) is 9.59 Å². The number of pyridine rings is 2. The Labute approximate surface area is 383 Å². The van der Waals surface area contributed by atoms with E-state index < -0.39 is 11.2 Å². The smallest absolute Gasteiger partial charge is 0.410 e. The van der Waals surface area contributed by atoms with Gasteiger partial charge in [0.05, 0.1) is 24.1 Å². The fourth-order valence-electron chi connectivity index (χ4n) is 7.24. The number of carbonyl (C=O) groups excluding carboxylic acids is 2. The number of fused-ring (bicyclic) bond motifs is 6. The number of allylic oxidation sites excluding steroid dienone is 1. The second-order valence-electron chi connectivity index (χ2n) is 17.7. The van der Waals surface area contributed by atoms with Crippen molar-refractivity contribution in [1.82, 2.24) is 29.3 Å². The number of aryl methyl sites for hydroxylation is 4. The van der Waals surface area contributed by atoms with Gasteiger partial charge in [-0.2, -0.15) is 0 Å². The molecule has 10 nitrogen and oxygen atoms in total. The van der Waals surface area contributed by atoms with E-state index >= 15 is 0 Å². The van der Waals surface area contributed by atoms with Crippen molar-refractivity contribution in [2.75, 3.05) is 13.1 Å². The minimum atomic E-state index is -0.554. The summed E-state index contributed by atoms with van der Waals surface area (Å²) in [5, 5.41) is 2.23. The summed E-state index contributed by atoms with van der Waals surface area (Å²) in [5.41, 5.74) is 10.9. The van der Waals surface area contributed by atoms with E-state index in [1.807, 2.05) is 103 Å². The summed E-state index contributed by atoms with van der Waals surface area (Å²) in [4.78, 5) is 40.3. The van der Waals surface area contributed by atoms with Crippen LogP contribution in [-0.2, 0) is 35.4 Å². The van der Waals surface area contributed by atoms with Crippen LogP contribution in [-0.4, -0.2) is 65.8 Å². The first kappa shape index (κ1) is 41.7. The maximum atomic E-state index is 12.7. The minimum absolute atomic E-state index is 0. The van der Waals surface area contributed by atoms with Gasteiger partial charge in [-0.3, -0.25) is 9.97 Å². The van der Waals surface area contributed by atoms with E-state index in [1.54, 1.807) is 29.1 Å². The van der Waals surface area contributed by atoms with Gasteiger partial charge in [0, 0.05) is 94.7 Å². The number of nitrogens with one attached hydrogen (secondary N) is 1. The van der Waals surface area contributed by atoms with Gasteiger partial charge in [-0.05, 0) is 130 Å². The summed E-state index contributed by atoms with van der Waals surface area (Å²) in [5.74, 6) is 0. The Morgan fingerprint density at radius 2 is 1.24 bits per heavy atom. The highest BCUT2D eigenvalue weighted by atomic mass is 79.9. The molecule has 11 heteroatoms. The number of aromatic amines is 1. The van der Waals surface area contributed by atoms with Gasteiger partial charge < -0.3 is 28.8 Å². The first-order valence-electron chi connectivity index (χ1n) is 22.9. The summed E-state index contributed by atoms with van der Waals surface area (Å²) >= 11 is 0. The third-order valence-corrected chi connectivity index (χ3v) is 10.1. The SMILES string of the molecule is Br.Cc1ccc2[nH]c3c(c2c1)CN(C(=O)OC(C)(C)C)CC3.[2H]C(=C([2H])n1c2c(c3cc(C)ccc31)CN(C(=O)OC(C)(C)C)CC2)c1ccc(C)nc1.[2H]C(C)=C([2H])c1ccc(C)nc1. The Morgan fingerprint density at radius 1 is 0.710 bits per heavy atom. The normalized spacial score (nSPS) is 15.3. The molecular formula is C51H63BrN6O4. The molecule has 0 aliphatic carbocycles. The van der Waals surface area contributed by atoms with Crippen molar-refractivity contribution < 1.29 is 24.5 Å². The molecule has 0 saturated heterocycles. The Hall–Kier alpha value is -5.68. The summed E-state index contributed by atoms with van der Waals surface area (Å²) in [6.07, 6.45) is 4.25. The number of halogens is 1. The molecule has 0 radical (unpaired) electrons. The molecule has 6 aromatic rings. The van der Waals surface area contributed by atoms with Crippen LogP contribution in [0, 0.1) is 27.7 Å². The van der Waals surface area contributed by atoms with Gasteiger partial charge in [0.1, 0.15) is 11.2 Å². The Balaban J connectivity index is 0.000000206. The first-order valence-corrected chi connectivity index (χ1v) is 20.9. The van der Waals surface area contributed by atoms with E-state index in [0.29, 0.717) is 43.7 Å². The molecule has 2 aromatic carbocycles. The molecule has 2 aliphatic rings. The lowest BCUT2D eigenvalue weighted by Gasteiger charge is -2.30. The molecule has 0 fully saturated rings. The highest BCUT2D eigenvalue weighted by Crippen LogP contribution is 2.33. The number of H-pyrrole nitrogens is 1. The average molecular weight is 908 g/mol. The molecule has 0 unspecified atom stereocenters. The van der Waals surface area contributed by atoms with Gasteiger partial charge in [0.15, 0.2) is 0 Å². The minimum Gasteiger partial charge on any atom is -0.444 e. The van der Waals surface area contributed by atoms with Gasteiger partial charge >= 0.3 is 12.2 Å². The lowest BCUT2D eigenvalue weighted by molar-refractivity contribution is 0.0214. The molecule has 328 valence electrons. The van der Waals surface area contributed by atoms with Crippen LogP contribution in [0.5, 0.6) is 0 Å². The summed E-state index contributed by atoms with van der Waals surface area (Å²) in [6.45, 7) is 23.0. The van der Waals surface area contributed by atoms with E-state index in [2.05, 4.69) is 46.1 Å². The number of aromatic nitrogens is 4. The molecule has 0 atom stereocenters. The molecule has 8 rings (SSSR count). The first-order chi connectivity index (χ1) is 30.5. The summed E-state index contributed by atoms with van der Waals surface area (Å²) in [7, 11) is 0. The highest BCUT2D eigenvalue weighted by molar-refractivity contribution is 8.93. The van der Waals surface area contributed by atoms with Crippen LogP contribution in [0.2, 0.25) is 0 Å². The average Bonchev–Trinajstić information content (AvgIpc) is 3.76. The van der Waals surface area contributed by atoms with Crippen molar-refractivity contribution in [3.63, 3.8) is 0 Å². The number of carbonyl (C=O) groups is 2. The van der Waals surface area contributed by atoms with E-state index in [-0.39, 0.29) is 53.5 Å². The Kier molecular flexibility index (Phi) is 13.4. The predicted molar refractivity (Wildman–Crippen MR) is 259 cm³/mol. The fourth-order valence-corrected chi connectivity index (χ4v) is 7.24. The van der Waals surface area contributed by atoms with Gasteiger partial charge in [-0.1, -0.05) is 47.5 Å². The third kappa shape index (κ3) is 12.2. The molecule has 0 bridgehead atoms. The maximum Gasteiger partial charge on any atom is 0.410 e. The molecule has 0 spiro atoms. The Morgan fingerprint density at radius 3 is 1.79 bits per heavy atom. The number of hydrogen-bond acceptors (Lipinski definition) is 6. The van der Waals surface area contributed by atoms with Crippen LogP contribution >= 0.6 is 17.0 Å². The second-order valence-corrected chi connectivity index (χ2v) is 17.7. The van der Waals surface area contributed by atoms with Gasteiger partial charge in [0.2, 0.25) is 0 Å². The predicted octanol–water partition coefficient (Wildman–Crippen LogP) is 12.3. The fraction of sp³-hybridized carbons (Fsp3) is 0.373. The highest BCUT2D eigenvalue weighted by Gasteiger charge is 2.30. The number of amides is 2. The van der Waals surface area contributed by atoms with Crippen LogP contribution in [0.1, 0.15) is 110 Å². The largest absolute Gasteiger partial charge is 0.444 e. The number of nitrogens with zero attached hydrogens (tertiary/aromatic N) is 5. The second kappa shape index (κ2) is 20.0. The maximum absolute atomic E-state index is 12.7. The summed E-state index contributed by atoms with van der Waals surface area (Å²) < 4.78 is 45.2. The quantitative estimate of drug-likeness (QED) is 0.190. The lowest BCUT2D eigenvalue weighted by Crippen LogP contribution is -2.40. The number of rotatable bonds is 3. The molecule has 2 amide bonds. The van der Waals surface area contributed by atoms with Crippen molar-refractivity contribution >= 4 is 69.3 Å². The van der Waals surface area contributed by atoms with Gasteiger partial charge in [0.25, 0.3) is 0 Å². The summed E-state index contributed by atoms with van der Waals surface area (Å²) in [6, 6.07) is 20.4. The van der Waals surface area contributed by atoms with Crippen LogP contribution < -0.4 is 0 Å². The number of ether oxygens (including phenoxy) is 2. The molecule has 1 N–H and O–H groups in total. The number of benzene rings is 2. The van der Waals surface area contributed by atoms with Crippen molar-refractivity contribution in [2.45, 2.75) is 113 Å². The van der Waals surface area contributed by atoms with Crippen molar-refractivity contribution in [2.24, 2.45) is 0 Å². The van der Waals surface area contributed by atoms with E-state index in [1.165, 1.54) is 22.2 Å². The lowest BCUT2D eigenvalue weighted by atomic mass is 10.0. The van der Waals surface area contributed by atoms with Crippen molar-refractivity contribution in [1.29, 1.82) is 0 Å². The zero-order valence-corrected chi connectivity index (χ0v) is 39.7. The zero-order chi connectivity index (χ0) is 47.5. The van der Waals surface area contributed by atoms with E-state index in [4.69, 9.17) is 15.0 Å². The van der Waals surface area contributed by atoms with Crippen LogP contribution in [0.25, 0.3) is 40.1 Å². The zero-order valence-electron chi connectivity index (χ0n) is 41.9. The topological polar surface area (TPSA) is 106 Å². The van der Waals surface area contributed by atoms with Crippen LogP contribution in [0.3, 0.4) is 0 Å². The standard InChI is InChI=1S/C25H29N3O2.C17H22N2O2.C9H11N.BrH/c1-17-6-9-22-20(14-17)21-16-27(24(29)30-25(3,4)5)12-11-23(21)28(22)13-10-19-8-7-18(2)26-15-19;1-11-5-6-14-12(9-11)13-10-19(8-7-15(13)18-14)16(20)21-17(2,3)4;1-3-4-9-6-5-8(2)10-7-9;/h6-10,13-15H,11-12,16H2,1-5H3;5-6,9,18H,7-8,10H2,1-4H3;3-7H,1-2H3;1H/i10D,13D;;3D,4D;. The molecule has 0 saturated carbocycles. The van der Waals surface area contributed by atoms with E-state index in [0.717, 1.165) is 51.0 Å². The molecule has 2 aliphatic heterocycles. The van der Waals surface area contributed by atoms with Crippen molar-refractivity contribution in [3.8, 4) is 0 Å². The van der Waals surface area contributed by atoms with Gasteiger partial charge in [-0.25, -0.2) is 9.59 Å². The number of hydrogen-bond donors (Lipinski definition) is 1. The van der Waals surface area contributed by atoms with E-state index in [9.17, 15) is 9.59 Å². The third-order valence-electron chi connectivity index (χ3n) is 10.1. The molecule has 62 heavy (non-hydrogen) atoms. The van der Waals surface area contributed by atoms with Crippen molar-refractivity contribution in [3.05, 3.63) is 135 Å².